The van der Waals surface area contributed by atoms with E-state index in [2.05, 4.69) is 49.0 Å². The Kier molecular flexibility index (Phi) is 5.31. The second kappa shape index (κ2) is 7.31. The molecule has 0 atom stereocenters. The molecule has 2 aromatic rings. The van der Waals surface area contributed by atoms with E-state index in [4.69, 9.17) is 16.3 Å². The highest BCUT2D eigenvalue weighted by Crippen LogP contribution is 2.55. The van der Waals surface area contributed by atoms with Crippen LogP contribution in [-0.2, 0) is 0 Å². The first-order valence-electron chi connectivity index (χ1n) is 9.45. The van der Waals surface area contributed by atoms with Crippen molar-refractivity contribution in [3.8, 4) is 11.8 Å². The Morgan fingerprint density at radius 2 is 1.72 bits per heavy atom. The Morgan fingerprint density at radius 1 is 1.14 bits per heavy atom. The van der Waals surface area contributed by atoms with Crippen LogP contribution in [0.15, 0.2) is 24.5 Å². The number of nitrogens with one attached hydrogen (secondary N) is 1. The number of halogens is 1. The van der Waals surface area contributed by atoms with Crippen molar-refractivity contribution >= 4 is 17.5 Å². The summed E-state index contributed by atoms with van der Waals surface area (Å²) in [6.07, 6.45) is 2.72. The standard InChI is InChI=1S/C22H25ClN4O2/c1-12-13(2)16(8-7-14(12)9-24)29-19-21(3,4)18(22(19,5)6)27-17(28)15-10-25-20(23)26-11-15/h7-8,10-11,18-19H,1-6H3,(H,27,28). The molecule has 0 bridgehead atoms. The second-order valence-corrected chi connectivity index (χ2v) is 9.10. The van der Waals surface area contributed by atoms with E-state index < -0.39 is 0 Å². The molecule has 0 aliphatic heterocycles. The zero-order valence-electron chi connectivity index (χ0n) is 17.5. The SMILES string of the molecule is Cc1c(C#N)ccc(OC2C(C)(C)C(NC(=O)c3cnc(Cl)nc3)C2(C)C)c1C. The summed E-state index contributed by atoms with van der Waals surface area (Å²) in [5.74, 6) is 0.528. The number of carbonyl (C=O) groups is 1. The van der Waals surface area contributed by atoms with E-state index in [1.807, 2.05) is 19.9 Å². The summed E-state index contributed by atoms with van der Waals surface area (Å²) in [6.45, 7) is 12.2. The lowest BCUT2D eigenvalue weighted by atomic mass is 9.49. The third-order valence-corrected chi connectivity index (χ3v) is 6.30. The number of amides is 1. The van der Waals surface area contributed by atoms with Crippen LogP contribution in [0.25, 0.3) is 0 Å². The van der Waals surface area contributed by atoms with Crippen LogP contribution in [0.3, 0.4) is 0 Å². The van der Waals surface area contributed by atoms with Crippen LogP contribution in [-0.4, -0.2) is 28.0 Å². The molecule has 1 fully saturated rings. The maximum absolute atomic E-state index is 12.7. The van der Waals surface area contributed by atoms with Crippen LogP contribution in [0.5, 0.6) is 5.75 Å². The van der Waals surface area contributed by atoms with Crippen LogP contribution in [0.2, 0.25) is 5.28 Å². The molecule has 0 radical (unpaired) electrons. The summed E-state index contributed by atoms with van der Waals surface area (Å²) in [4.78, 5) is 20.4. The molecule has 1 saturated carbocycles. The van der Waals surface area contributed by atoms with Crippen molar-refractivity contribution in [3.05, 3.63) is 52.1 Å². The molecule has 1 N–H and O–H groups in total. The summed E-state index contributed by atoms with van der Waals surface area (Å²) >= 11 is 5.70. The molecule has 1 aliphatic rings. The molecule has 3 rings (SSSR count). The molecule has 29 heavy (non-hydrogen) atoms. The molecular formula is C22H25ClN4O2. The molecule has 1 heterocycles. The Morgan fingerprint density at radius 3 is 2.28 bits per heavy atom. The van der Waals surface area contributed by atoms with Crippen molar-refractivity contribution in [1.82, 2.24) is 15.3 Å². The number of hydrogen-bond donors (Lipinski definition) is 1. The first kappa shape index (κ1) is 21.1. The fraction of sp³-hybridized carbons (Fsp3) is 0.455. The van der Waals surface area contributed by atoms with Crippen molar-refractivity contribution in [2.45, 2.75) is 53.7 Å². The third kappa shape index (κ3) is 3.56. The highest BCUT2D eigenvalue weighted by molar-refractivity contribution is 6.28. The zero-order valence-corrected chi connectivity index (χ0v) is 18.3. The Labute approximate surface area is 176 Å². The maximum Gasteiger partial charge on any atom is 0.254 e. The van der Waals surface area contributed by atoms with Gasteiger partial charge in [-0.05, 0) is 48.7 Å². The van der Waals surface area contributed by atoms with Gasteiger partial charge in [0, 0.05) is 29.3 Å². The van der Waals surface area contributed by atoms with Crippen molar-refractivity contribution in [2.75, 3.05) is 0 Å². The van der Waals surface area contributed by atoms with Gasteiger partial charge in [0.2, 0.25) is 5.28 Å². The number of rotatable bonds is 4. The topological polar surface area (TPSA) is 87.9 Å². The number of benzene rings is 1. The summed E-state index contributed by atoms with van der Waals surface area (Å²) in [7, 11) is 0. The highest BCUT2D eigenvalue weighted by Gasteiger charge is 2.64. The van der Waals surface area contributed by atoms with Gasteiger partial charge in [-0.15, -0.1) is 0 Å². The average molecular weight is 413 g/mol. The van der Waals surface area contributed by atoms with E-state index in [1.54, 1.807) is 6.07 Å². The first-order valence-corrected chi connectivity index (χ1v) is 9.83. The maximum atomic E-state index is 12.7. The smallest absolute Gasteiger partial charge is 0.254 e. The molecule has 152 valence electrons. The zero-order chi connectivity index (χ0) is 21.6. The van der Waals surface area contributed by atoms with Crippen LogP contribution >= 0.6 is 11.6 Å². The van der Waals surface area contributed by atoms with Gasteiger partial charge in [-0.3, -0.25) is 4.79 Å². The predicted molar refractivity (Wildman–Crippen MR) is 111 cm³/mol. The van der Waals surface area contributed by atoms with Crippen molar-refractivity contribution < 1.29 is 9.53 Å². The minimum Gasteiger partial charge on any atom is -0.489 e. The molecular weight excluding hydrogens is 388 g/mol. The summed E-state index contributed by atoms with van der Waals surface area (Å²) in [5, 5.41) is 12.4. The molecule has 0 saturated heterocycles. The molecule has 1 aromatic carbocycles. The first-order chi connectivity index (χ1) is 13.5. The average Bonchev–Trinajstić information content (AvgIpc) is 2.67. The predicted octanol–water partition coefficient (Wildman–Crippen LogP) is 4.23. The Bertz CT molecular complexity index is 977. The van der Waals surface area contributed by atoms with Gasteiger partial charge in [0.05, 0.1) is 17.2 Å². The number of carbonyl (C=O) groups excluding carboxylic acids is 1. The van der Waals surface area contributed by atoms with Gasteiger partial charge >= 0.3 is 0 Å². The number of hydrogen-bond acceptors (Lipinski definition) is 5. The number of aromatic nitrogens is 2. The normalized spacial score (nSPS) is 21.6. The summed E-state index contributed by atoms with van der Waals surface area (Å²) in [5.41, 5.74) is 2.29. The number of nitriles is 1. The molecule has 0 spiro atoms. The summed E-state index contributed by atoms with van der Waals surface area (Å²) < 4.78 is 6.42. The second-order valence-electron chi connectivity index (χ2n) is 8.76. The van der Waals surface area contributed by atoms with Gasteiger partial charge in [-0.1, -0.05) is 27.7 Å². The fourth-order valence-corrected chi connectivity index (χ4v) is 4.71. The van der Waals surface area contributed by atoms with E-state index in [9.17, 15) is 10.1 Å². The summed E-state index contributed by atoms with van der Waals surface area (Å²) in [6, 6.07) is 5.73. The lowest BCUT2D eigenvalue weighted by Gasteiger charge is -2.63. The molecule has 7 heteroatoms. The van der Waals surface area contributed by atoms with Gasteiger partial charge in [0.1, 0.15) is 11.9 Å². The monoisotopic (exact) mass is 412 g/mol. The van der Waals surface area contributed by atoms with Crippen LogP contribution in [0, 0.1) is 36.0 Å². The van der Waals surface area contributed by atoms with E-state index in [0.717, 1.165) is 16.9 Å². The highest BCUT2D eigenvalue weighted by atomic mass is 35.5. The van der Waals surface area contributed by atoms with Gasteiger partial charge in [0.15, 0.2) is 0 Å². The molecule has 0 unspecified atom stereocenters. The van der Waals surface area contributed by atoms with Gasteiger partial charge in [-0.2, -0.15) is 5.26 Å². The third-order valence-electron chi connectivity index (χ3n) is 6.10. The minimum absolute atomic E-state index is 0.104. The van der Waals surface area contributed by atoms with Crippen molar-refractivity contribution in [2.24, 2.45) is 10.8 Å². The van der Waals surface area contributed by atoms with Crippen LogP contribution < -0.4 is 10.1 Å². The van der Waals surface area contributed by atoms with Gasteiger partial charge in [0.25, 0.3) is 5.91 Å². The largest absolute Gasteiger partial charge is 0.489 e. The number of nitrogens with zero attached hydrogens (tertiary/aromatic N) is 3. The quantitative estimate of drug-likeness (QED) is 0.759. The molecule has 1 aromatic heterocycles. The van der Waals surface area contributed by atoms with Crippen molar-refractivity contribution in [1.29, 1.82) is 5.26 Å². The van der Waals surface area contributed by atoms with Crippen LogP contribution in [0.1, 0.15) is 54.7 Å². The molecule has 1 aliphatic carbocycles. The number of ether oxygens (including phenoxy) is 1. The van der Waals surface area contributed by atoms with E-state index in [0.29, 0.717) is 11.1 Å². The fourth-order valence-electron chi connectivity index (χ4n) is 4.62. The minimum atomic E-state index is -0.305. The Hall–Kier alpha value is -2.65. The van der Waals surface area contributed by atoms with Crippen LogP contribution in [0.4, 0.5) is 0 Å². The lowest BCUT2D eigenvalue weighted by Crippen LogP contribution is -2.74. The lowest BCUT2D eigenvalue weighted by molar-refractivity contribution is -0.164. The molecule has 6 nitrogen and oxygen atoms in total. The van der Waals surface area contributed by atoms with E-state index >= 15 is 0 Å². The van der Waals surface area contributed by atoms with E-state index in [-0.39, 0.29) is 34.2 Å². The Balaban J connectivity index is 1.80. The molecule has 1 amide bonds. The van der Waals surface area contributed by atoms with Gasteiger partial charge in [-0.25, -0.2) is 9.97 Å². The van der Waals surface area contributed by atoms with E-state index in [1.165, 1.54) is 12.4 Å². The van der Waals surface area contributed by atoms with Gasteiger partial charge < -0.3 is 10.1 Å². The van der Waals surface area contributed by atoms with Crippen molar-refractivity contribution in [3.63, 3.8) is 0 Å².